The van der Waals surface area contributed by atoms with Crippen molar-refractivity contribution in [3.05, 3.63) is 59.4 Å². The molecule has 4 rings (SSSR count). The number of ether oxygens (including phenoxy) is 2. The Kier molecular flexibility index (Phi) is 8.97. The molecule has 1 saturated heterocycles. The Bertz CT molecular complexity index is 846. The van der Waals surface area contributed by atoms with Crippen LogP contribution in [0.5, 0.6) is 0 Å². The SMILES string of the molecule is CCCCC[C@H]1CC[C@H](c2ccc(-c3ccc(C4OCC(CCC)CO4)cc3)c(F)c2)CC1. The van der Waals surface area contributed by atoms with Crippen LogP contribution >= 0.6 is 0 Å². The van der Waals surface area contributed by atoms with Crippen LogP contribution in [0.1, 0.15) is 101 Å². The molecule has 0 atom stereocenters. The minimum atomic E-state index is -0.309. The summed E-state index contributed by atoms with van der Waals surface area (Å²) in [4.78, 5) is 0. The van der Waals surface area contributed by atoms with E-state index in [4.69, 9.17) is 9.47 Å². The van der Waals surface area contributed by atoms with Crippen LogP contribution in [0.4, 0.5) is 4.39 Å². The van der Waals surface area contributed by atoms with Gasteiger partial charge in [-0.2, -0.15) is 0 Å². The van der Waals surface area contributed by atoms with E-state index in [9.17, 15) is 0 Å². The van der Waals surface area contributed by atoms with E-state index in [1.54, 1.807) is 6.07 Å². The molecule has 0 unspecified atom stereocenters. The first-order valence-corrected chi connectivity index (χ1v) is 13.3. The van der Waals surface area contributed by atoms with Crippen molar-refractivity contribution in [2.75, 3.05) is 13.2 Å². The molecule has 0 radical (unpaired) electrons. The molecule has 2 aromatic carbocycles. The molecule has 2 aliphatic rings. The van der Waals surface area contributed by atoms with E-state index in [1.807, 2.05) is 30.3 Å². The molecule has 33 heavy (non-hydrogen) atoms. The Morgan fingerprint density at radius 3 is 2.09 bits per heavy atom. The van der Waals surface area contributed by atoms with Crippen LogP contribution in [0.15, 0.2) is 42.5 Å². The van der Waals surface area contributed by atoms with E-state index in [2.05, 4.69) is 19.9 Å². The predicted molar refractivity (Wildman–Crippen MR) is 134 cm³/mol. The summed E-state index contributed by atoms with van der Waals surface area (Å²) in [6.07, 6.45) is 12.4. The lowest BCUT2D eigenvalue weighted by Crippen LogP contribution is -2.26. The molecule has 2 fully saturated rings. The quantitative estimate of drug-likeness (QED) is 0.354. The van der Waals surface area contributed by atoms with Gasteiger partial charge in [0.05, 0.1) is 13.2 Å². The van der Waals surface area contributed by atoms with Gasteiger partial charge in [0.15, 0.2) is 6.29 Å². The fourth-order valence-corrected chi connectivity index (χ4v) is 5.62. The third kappa shape index (κ3) is 6.45. The Morgan fingerprint density at radius 2 is 1.45 bits per heavy atom. The van der Waals surface area contributed by atoms with Crippen LogP contribution in [0.2, 0.25) is 0 Å². The maximum Gasteiger partial charge on any atom is 0.183 e. The first-order valence-electron chi connectivity index (χ1n) is 13.3. The summed E-state index contributed by atoms with van der Waals surface area (Å²) in [5.41, 5.74) is 3.75. The van der Waals surface area contributed by atoms with Gasteiger partial charge in [-0.15, -0.1) is 0 Å². The summed E-state index contributed by atoms with van der Waals surface area (Å²) in [5, 5.41) is 0. The first kappa shape index (κ1) is 24.4. The van der Waals surface area contributed by atoms with Crippen LogP contribution in [0.3, 0.4) is 0 Å². The molecule has 0 bridgehead atoms. The summed E-state index contributed by atoms with van der Waals surface area (Å²) in [7, 11) is 0. The van der Waals surface area contributed by atoms with Gasteiger partial charge in [-0.3, -0.25) is 0 Å². The zero-order chi connectivity index (χ0) is 23.0. The van der Waals surface area contributed by atoms with Gasteiger partial charge in [0.2, 0.25) is 0 Å². The molecule has 0 spiro atoms. The Morgan fingerprint density at radius 1 is 0.758 bits per heavy atom. The van der Waals surface area contributed by atoms with E-state index in [0.717, 1.165) is 43.1 Å². The lowest BCUT2D eigenvalue weighted by atomic mass is 9.77. The molecular formula is C30H41FO2. The van der Waals surface area contributed by atoms with Crippen LogP contribution in [0, 0.1) is 17.7 Å². The maximum atomic E-state index is 15.1. The van der Waals surface area contributed by atoms with E-state index < -0.39 is 0 Å². The summed E-state index contributed by atoms with van der Waals surface area (Å²) >= 11 is 0. The van der Waals surface area contributed by atoms with Crippen molar-refractivity contribution in [2.45, 2.75) is 90.3 Å². The monoisotopic (exact) mass is 452 g/mol. The minimum Gasteiger partial charge on any atom is -0.348 e. The lowest BCUT2D eigenvalue weighted by molar-refractivity contribution is -0.206. The van der Waals surface area contributed by atoms with E-state index in [0.29, 0.717) is 17.4 Å². The molecule has 1 saturated carbocycles. The van der Waals surface area contributed by atoms with Crippen molar-refractivity contribution >= 4 is 0 Å². The number of hydrogen-bond donors (Lipinski definition) is 0. The fraction of sp³-hybridized carbons (Fsp3) is 0.600. The highest BCUT2D eigenvalue weighted by Gasteiger charge is 2.24. The van der Waals surface area contributed by atoms with Crippen molar-refractivity contribution in [3.8, 4) is 11.1 Å². The molecule has 0 N–H and O–H groups in total. The zero-order valence-corrected chi connectivity index (χ0v) is 20.5. The Balaban J connectivity index is 1.34. The Labute approximate surface area is 199 Å². The number of unbranched alkanes of at least 4 members (excludes halogenated alkanes) is 2. The van der Waals surface area contributed by atoms with Crippen molar-refractivity contribution in [2.24, 2.45) is 11.8 Å². The highest BCUT2D eigenvalue weighted by molar-refractivity contribution is 5.65. The average molecular weight is 453 g/mol. The topological polar surface area (TPSA) is 18.5 Å². The van der Waals surface area contributed by atoms with Gasteiger partial charge in [-0.05, 0) is 61.1 Å². The second-order valence-electron chi connectivity index (χ2n) is 10.2. The highest BCUT2D eigenvalue weighted by Crippen LogP contribution is 2.39. The minimum absolute atomic E-state index is 0.113. The average Bonchev–Trinajstić information content (AvgIpc) is 2.85. The number of rotatable bonds is 9. The predicted octanol–water partition coefficient (Wildman–Crippen LogP) is 8.81. The largest absolute Gasteiger partial charge is 0.348 e. The van der Waals surface area contributed by atoms with E-state index in [1.165, 1.54) is 56.9 Å². The van der Waals surface area contributed by atoms with Gasteiger partial charge in [0, 0.05) is 17.0 Å². The molecule has 1 aliphatic heterocycles. The van der Waals surface area contributed by atoms with Crippen molar-refractivity contribution in [3.63, 3.8) is 0 Å². The summed E-state index contributed by atoms with van der Waals surface area (Å²) < 4.78 is 26.9. The van der Waals surface area contributed by atoms with Gasteiger partial charge in [0.1, 0.15) is 5.82 Å². The molecule has 180 valence electrons. The molecule has 3 heteroatoms. The third-order valence-electron chi connectivity index (χ3n) is 7.68. The molecule has 0 aromatic heterocycles. The summed E-state index contributed by atoms with van der Waals surface area (Å²) in [5.74, 6) is 1.77. The molecule has 1 heterocycles. The maximum absolute atomic E-state index is 15.1. The smallest absolute Gasteiger partial charge is 0.183 e. The normalized spacial score (nSPS) is 25.8. The number of hydrogen-bond acceptors (Lipinski definition) is 2. The van der Waals surface area contributed by atoms with Crippen LogP contribution in [-0.4, -0.2) is 13.2 Å². The summed E-state index contributed by atoms with van der Waals surface area (Å²) in [6, 6.07) is 13.9. The van der Waals surface area contributed by atoms with Crippen molar-refractivity contribution in [1.82, 2.24) is 0 Å². The van der Waals surface area contributed by atoms with Gasteiger partial charge < -0.3 is 9.47 Å². The van der Waals surface area contributed by atoms with Crippen LogP contribution in [-0.2, 0) is 9.47 Å². The van der Waals surface area contributed by atoms with E-state index >= 15 is 4.39 Å². The molecule has 1 aliphatic carbocycles. The second-order valence-corrected chi connectivity index (χ2v) is 10.2. The van der Waals surface area contributed by atoms with Gasteiger partial charge in [-0.25, -0.2) is 4.39 Å². The van der Waals surface area contributed by atoms with Gasteiger partial charge in [0.25, 0.3) is 0 Å². The molecular weight excluding hydrogens is 411 g/mol. The van der Waals surface area contributed by atoms with Crippen LogP contribution in [0.25, 0.3) is 11.1 Å². The second kappa shape index (κ2) is 12.1. The van der Waals surface area contributed by atoms with Gasteiger partial charge in [-0.1, -0.05) is 82.3 Å². The standard InChI is InChI=1S/C30H41FO2/c1-3-5-6-8-22-9-11-24(12-10-22)27-17-18-28(29(31)19-27)25-13-15-26(16-14-25)30-32-20-23(7-4-2)21-33-30/h13-19,22-24,30H,3-12,20-21H2,1-2H3/t22-,23?,24-,30?. The molecule has 0 amide bonds. The highest BCUT2D eigenvalue weighted by atomic mass is 19.1. The van der Waals surface area contributed by atoms with Crippen LogP contribution < -0.4 is 0 Å². The lowest BCUT2D eigenvalue weighted by Gasteiger charge is -2.29. The number of benzene rings is 2. The number of halogens is 1. The molecule has 2 aromatic rings. The zero-order valence-electron chi connectivity index (χ0n) is 20.5. The summed E-state index contributed by atoms with van der Waals surface area (Å²) in [6.45, 7) is 5.95. The van der Waals surface area contributed by atoms with Crippen molar-refractivity contribution < 1.29 is 13.9 Å². The Hall–Kier alpha value is -1.71. The third-order valence-corrected chi connectivity index (χ3v) is 7.68. The molecule has 2 nitrogen and oxygen atoms in total. The van der Waals surface area contributed by atoms with E-state index in [-0.39, 0.29) is 12.1 Å². The van der Waals surface area contributed by atoms with Gasteiger partial charge >= 0.3 is 0 Å². The first-order chi connectivity index (χ1) is 16.2. The van der Waals surface area contributed by atoms with Crippen molar-refractivity contribution in [1.29, 1.82) is 0 Å². The fourth-order valence-electron chi connectivity index (χ4n) is 5.62.